The zero-order chi connectivity index (χ0) is 22.6. The highest BCUT2D eigenvalue weighted by Gasteiger charge is 2.24. The monoisotopic (exact) mass is 444 g/mol. The smallest absolute Gasteiger partial charge is 0.242 e. The van der Waals surface area contributed by atoms with Crippen LogP contribution in [0.5, 0.6) is 0 Å². The summed E-state index contributed by atoms with van der Waals surface area (Å²) in [5.41, 5.74) is 1.62. The van der Waals surface area contributed by atoms with Crippen molar-refractivity contribution in [3.8, 4) is 0 Å². The van der Waals surface area contributed by atoms with Gasteiger partial charge in [-0.1, -0.05) is 6.07 Å². The van der Waals surface area contributed by atoms with Crippen LogP contribution in [0.15, 0.2) is 53.4 Å². The number of carbonyl (C=O) groups excluding carboxylic acids is 3. The highest BCUT2D eigenvalue weighted by molar-refractivity contribution is 7.89. The molecular formula is C21H24N4O5S. The number of nitrogens with one attached hydrogen (secondary N) is 3. The van der Waals surface area contributed by atoms with Gasteiger partial charge >= 0.3 is 0 Å². The molecule has 1 saturated heterocycles. The van der Waals surface area contributed by atoms with E-state index >= 15 is 0 Å². The molecule has 2 aromatic rings. The third-order valence-corrected chi connectivity index (χ3v) is 6.27. The van der Waals surface area contributed by atoms with Crippen molar-refractivity contribution < 1.29 is 22.8 Å². The summed E-state index contributed by atoms with van der Waals surface area (Å²) < 4.78 is 27.5. The molecule has 0 spiro atoms. The van der Waals surface area contributed by atoms with E-state index in [1.807, 2.05) is 0 Å². The molecule has 1 aliphatic rings. The third kappa shape index (κ3) is 5.68. The second-order valence-corrected chi connectivity index (χ2v) is 8.95. The standard InChI is InChI=1S/C21H24N4O5S/c1-14(24-31(29,30)19-10-8-16(9-11-19)22-15(2)26)21(28)23-17-5-3-6-18(13-17)25-12-4-7-20(25)27/h3,5-6,8-11,13-14,24H,4,7,12H2,1-2H3,(H,22,26)(H,23,28)/t14-/m0/s1. The van der Waals surface area contributed by atoms with Crippen LogP contribution >= 0.6 is 0 Å². The lowest BCUT2D eigenvalue weighted by Crippen LogP contribution is -2.41. The Balaban J connectivity index is 1.65. The van der Waals surface area contributed by atoms with E-state index in [-0.39, 0.29) is 16.7 Å². The van der Waals surface area contributed by atoms with E-state index < -0.39 is 22.0 Å². The van der Waals surface area contributed by atoms with Gasteiger partial charge in [0.05, 0.1) is 10.9 Å². The molecule has 9 nitrogen and oxygen atoms in total. The van der Waals surface area contributed by atoms with Gasteiger partial charge in [-0.25, -0.2) is 8.42 Å². The molecule has 3 rings (SSSR count). The zero-order valence-corrected chi connectivity index (χ0v) is 18.0. The van der Waals surface area contributed by atoms with Crippen LogP contribution in [0.3, 0.4) is 0 Å². The molecule has 2 aromatic carbocycles. The van der Waals surface area contributed by atoms with Crippen molar-refractivity contribution in [1.29, 1.82) is 0 Å². The maximum Gasteiger partial charge on any atom is 0.242 e. The Morgan fingerprint density at radius 3 is 2.35 bits per heavy atom. The topological polar surface area (TPSA) is 125 Å². The number of sulfonamides is 1. The molecule has 3 N–H and O–H groups in total. The number of hydrogen-bond donors (Lipinski definition) is 3. The SMILES string of the molecule is CC(=O)Nc1ccc(S(=O)(=O)N[C@@H](C)C(=O)Nc2cccc(N3CCCC3=O)c2)cc1. The molecule has 0 aromatic heterocycles. The molecule has 31 heavy (non-hydrogen) atoms. The fourth-order valence-electron chi connectivity index (χ4n) is 3.20. The molecule has 0 unspecified atom stereocenters. The first-order valence-corrected chi connectivity index (χ1v) is 11.3. The lowest BCUT2D eigenvalue weighted by atomic mass is 10.2. The van der Waals surface area contributed by atoms with Gasteiger partial charge in [-0.2, -0.15) is 4.72 Å². The minimum Gasteiger partial charge on any atom is -0.326 e. The highest BCUT2D eigenvalue weighted by atomic mass is 32.2. The Kier molecular flexibility index (Phi) is 6.71. The van der Waals surface area contributed by atoms with Gasteiger partial charge in [0.1, 0.15) is 0 Å². The molecule has 0 radical (unpaired) electrons. The quantitative estimate of drug-likeness (QED) is 0.603. The first-order valence-electron chi connectivity index (χ1n) is 9.77. The van der Waals surface area contributed by atoms with Crippen molar-refractivity contribution in [2.24, 2.45) is 0 Å². The first kappa shape index (κ1) is 22.4. The largest absolute Gasteiger partial charge is 0.326 e. The Labute approximate surface area is 180 Å². The predicted octanol–water partition coefficient (Wildman–Crippen LogP) is 2.08. The van der Waals surface area contributed by atoms with Gasteiger partial charge in [-0.05, 0) is 55.8 Å². The number of benzene rings is 2. The number of hydrogen-bond acceptors (Lipinski definition) is 5. The van der Waals surface area contributed by atoms with E-state index in [0.717, 1.165) is 6.42 Å². The number of nitrogens with zero attached hydrogens (tertiary/aromatic N) is 1. The van der Waals surface area contributed by atoms with Gasteiger partial charge < -0.3 is 15.5 Å². The second kappa shape index (κ2) is 9.27. The first-order chi connectivity index (χ1) is 14.7. The van der Waals surface area contributed by atoms with Gasteiger partial charge in [0.25, 0.3) is 0 Å². The fourth-order valence-corrected chi connectivity index (χ4v) is 4.40. The molecule has 1 heterocycles. The molecule has 0 saturated carbocycles. The van der Waals surface area contributed by atoms with Gasteiger partial charge in [-0.3, -0.25) is 14.4 Å². The Hall–Kier alpha value is -3.24. The summed E-state index contributed by atoms with van der Waals surface area (Å²) >= 11 is 0. The average Bonchev–Trinajstić information content (AvgIpc) is 3.13. The zero-order valence-electron chi connectivity index (χ0n) is 17.2. The predicted molar refractivity (Wildman–Crippen MR) is 117 cm³/mol. The van der Waals surface area contributed by atoms with Crippen LogP contribution in [0.2, 0.25) is 0 Å². The van der Waals surface area contributed by atoms with Crippen LogP contribution in [0.25, 0.3) is 0 Å². The summed E-state index contributed by atoms with van der Waals surface area (Å²) in [6.07, 6.45) is 1.29. The maximum atomic E-state index is 12.6. The van der Waals surface area contributed by atoms with Crippen LogP contribution in [0.1, 0.15) is 26.7 Å². The molecule has 1 atom stereocenters. The average molecular weight is 445 g/mol. The minimum atomic E-state index is -3.95. The van der Waals surface area contributed by atoms with Crippen LogP contribution < -0.4 is 20.3 Å². The molecular weight excluding hydrogens is 420 g/mol. The molecule has 0 aliphatic carbocycles. The molecule has 164 valence electrons. The lowest BCUT2D eigenvalue weighted by Gasteiger charge is -2.18. The van der Waals surface area contributed by atoms with E-state index in [4.69, 9.17) is 0 Å². The van der Waals surface area contributed by atoms with Crippen LogP contribution in [-0.2, 0) is 24.4 Å². The molecule has 1 aliphatic heterocycles. The number of amides is 3. The number of anilines is 3. The van der Waals surface area contributed by atoms with Gasteiger partial charge in [0.15, 0.2) is 0 Å². The Morgan fingerprint density at radius 2 is 1.74 bits per heavy atom. The van der Waals surface area contributed by atoms with E-state index in [9.17, 15) is 22.8 Å². The minimum absolute atomic E-state index is 0.0317. The van der Waals surface area contributed by atoms with Crippen molar-refractivity contribution in [3.63, 3.8) is 0 Å². The van der Waals surface area contributed by atoms with Crippen LogP contribution in [0.4, 0.5) is 17.1 Å². The van der Waals surface area contributed by atoms with Crippen molar-refractivity contribution in [2.45, 2.75) is 37.6 Å². The lowest BCUT2D eigenvalue weighted by molar-refractivity contribution is -0.117. The summed E-state index contributed by atoms with van der Waals surface area (Å²) in [5, 5.41) is 5.23. The fraction of sp³-hybridized carbons (Fsp3) is 0.286. The van der Waals surface area contributed by atoms with Crippen molar-refractivity contribution in [1.82, 2.24) is 4.72 Å². The van der Waals surface area contributed by atoms with E-state index in [1.54, 1.807) is 29.2 Å². The second-order valence-electron chi connectivity index (χ2n) is 7.24. The van der Waals surface area contributed by atoms with E-state index in [0.29, 0.717) is 30.0 Å². The van der Waals surface area contributed by atoms with E-state index in [1.165, 1.54) is 38.1 Å². The summed E-state index contributed by atoms with van der Waals surface area (Å²) in [4.78, 5) is 37.1. The summed E-state index contributed by atoms with van der Waals surface area (Å²) in [6, 6.07) is 11.4. The van der Waals surface area contributed by atoms with Crippen LogP contribution in [0, 0.1) is 0 Å². The van der Waals surface area contributed by atoms with Crippen molar-refractivity contribution in [2.75, 3.05) is 22.1 Å². The summed E-state index contributed by atoms with van der Waals surface area (Å²) in [5.74, 6) is -0.769. The van der Waals surface area contributed by atoms with Crippen molar-refractivity contribution in [3.05, 3.63) is 48.5 Å². The van der Waals surface area contributed by atoms with Gasteiger partial charge in [0, 0.05) is 37.0 Å². The van der Waals surface area contributed by atoms with Gasteiger partial charge in [0.2, 0.25) is 27.7 Å². The van der Waals surface area contributed by atoms with Crippen molar-refractivity contribution >= 4 is 44.8 Å². The highest BCUT2D eigenvalue weighted by Crippen LogP contribution is 2.24. The van der Waals surface area contributed by atoms with Gasteiger partial charge in [-0.15, -0.1) is 0 Å². The normalized spacial score (nSPS) is 14.9. The van der Waals surface area contributed by atoms with Crippen LogP contribution in [-0.4, -0.2) is 38.7 Å². The Bertz CT molecular complexity index is 1100. The summed E-state index contributed by atoms with van der Waals surface area (Å²) in [6.45, 7) is 3.42. The summed E-state index contributed by atoms with van der Waals surface area (Å²) in [7, 11) is -3.95. The number of carbonyl (C=O) groups is 3. The molecule has 3 amide bonds. The third-order valence-electron chi connectivity index (χ3n) is 4.71. The molecule has 10 heteroatoms. The maximum absolute atomic E-state index is 12.6. The Morgan fingerprint density at radius 1 is 1.03 bits per heavy atom. The molecule has 0 bridgehead atoms. The molecule has 1 fully saturated rings. The number of rotatable bonds is 7. The van der Waals surface area contributed by atoms with E-state index in [2.05, 4.69) is 15.4 Å².